The standard InChI is InChI=1S/C18H19N2O7P/c1-3-13-25-17(21)18(2,19-28(24)27-16-7-5-4-6-8-16)26-15-11-9-14(10-12-15)20(22)23/h4-12H,3,13H2,1-2H3/t18-/m1/s1. The summed E-state index contributed by atoms with van der Waals surface area (Å²) < 4.78 is 19.8. The summed E-state index contributed by atoms with van der Waals surface area (Å²) >= 11 is 0. The number of esters is 1. The molecule has 0 bridgehead atoms. The molecule has 0 aliphatic rings. The Morgan fingerprint density at radius 1 is 1.14 bits per heavy atom. The molecule has 0 aromatic heterocycles. The molecule has 0 amide bonds. The van der Waals surface area contributed by atoms with Crippen LogP contribution in [0.25, 0.3) is 0 Å². The van der Waals surface area contributed by atoms with Crippen molar-refractivity contribution in [1.82, 2.24) is 0 Å². The van der Waals surface area contributed by atoms with Crippen LogP contribution in [0.15, 0.2) is 59.3 Å². The first-order valence-corrected chi connectivity index (χ1v) is 9.51. The van der Waals surface area contributed by atoms with E-state index in [1.54, 1.807) is 30.3 Å². The van der Waals surface area contributed by atoms with Gasteiger partial charge in [-0.25, -0.2) is 4.79 Å². The number of para-hydroxylation sites is 1. The fourth-order valence-electron chi connectivity index (χ4n) is 2.04. The van der Waals surface area contributed by atoms with Gasteiger partial charge in [-0.05, 0) is 35.4 Å². The van der Waals surface area contributed by atoms with Gasteiger partial charge < -0.3 is 14.4 Å². The molecule has 9 nitrogen and oxygen atoms in total. The number of nitrogens with zero attached hydrogens (tertiary/aromatic N) is 2. The van der Waals surface area contributed by atoms with Crippen molar-refractivity contribution in [1.29, 1.82) is 0 Å². The number of hydrogen-bond donors (Lipinski definition) is 0. The molecule has 2 rings (SSSR count). The Morgan fingerprint density at radius 3 is 2.36 bits per heavy atom. The predicted octanol–water partition coefficient (Wildman–Crippen LogP) is 3.58. The highest BCUT2D eigenvalue weighted by molar-refractivity contribution is 7.34. The van der Waals surface area contributed by atoms with Crippen molar-refractivity contribution in [2.75, 3.05) is 6.61 Å². The van der Waals surface area contributed by atoms with E-state index in [1.807, 2.05) is 6.92 Å². The van der Waals surface area contributed by atoms with Gasteiger partial charge in [0.25, 0.3) is 5.69 Å². The molecule has 0 heterocycles. The molecule has 0 spiro atoms. The fourth-order valence-corrected chi connectivity index (χ4v) is 2.82. The van der Waals surface area contributed by atoms with E-state index in [1.165, 1.54) is 31.2 Å². The van der Waals surface area contributed by atoms with Crippen LogP contribution in [0.3, 0.4) is 0 Å². The fraction of sp³-hybridized carbons (Fsp3) is 0.278. The lowest BCUT2D eigenvalue weighted by molar-refractivity contribution is -0.384. The van der Waals surface area contributed by atoms with Crippen molar-refractivity contribution in [2.24, 2.45) is 4.74 Å². The summed E-state index contributed by atoms with van der Waals surface area (Å²) in [4.78, 5) is 35.0. The minimum absolute atomic E-state index is 0.119. The van der Waals surface area contributed by atoms with Crippen LogP contribution in [0.1, 0.15) is 20.3 Å². The number of carbonyl (C=O) groups excluding carboxylic acids is 1. The molecule has 2 aromatic carbocycles. The van der Waals surface area contributed by atoms with E-state index in [0.29, 0.717) is 12.2 Å². The van der Waals surface area contributed by atoms with Gasteiger partial charge >= 0.3 is 19.9 Å². The van der Waals surface area contributed by atoms with Crippen molar-refractivity contribution in [2.45, 2.75) is 26.0 Å². The monoisotopic (exact) mass is 406 g/mol. The lowest BCUT2D eigenvalue weighted by Crippen LogP contribution is -2.41. The van der Waals surface area contributed by atoms with E-state index in [4.69, 9.17) is 14.0 Å². The Hall–Kier alpha value is -3.03. The quantitative estimate of drug-likeness (QED) is 0.270. The Kier molecular flexibility index (Phi) is 7.43. The van der Waals surface area contributed by atoms with Crippen molar-refractivity contribution in [3.8, 4) is 11.5 Å². The molecule has 2 atom stereocenters. The third-order valence-corrected chi connectivity index (χ3v) is 4.29. The molecule has 1 unspecified atom stereocenters. The van der Waals surface area contributed by atoms with Crippen LogP contribution in [0.4, 0.5) is 5.69 Å². The van der Waals surface area contributed by atoms with Gasteiger partial charge in [0, 0.05) is 19.1 Å². The Balaban J connectivity index is 2.26. The molecule has 2 aromatic rings. The van der Waals surface area contributed by atoms with E-state index in [9.17, 15) is 19.8 Å². The summed E-state index contributed by atoms with van der Waals surface area (Å²) in [5, 5.41) is 10.8. The number of ether oxygens (including phenoxy) is 2. The van der Waals surface area contributed by atoms with Crippen LogP contribution in [-0.2, 0) is 9.53 Å². The van der Waals surface area contributed by atoms with E-state index in [-0.39, 0.29) is 18.0 Å². The number of rotatable bonds is 9. The van der Waals surface area contributed by atoms with E-state index in [0.717, 1.165) is 0 Å². The maximum Gasteiger partial charge on any atom is 0.399 e. The number of hydrogen-bond acceptors (Lipinski definition) is 8. The maximum atomic E-state index is 12.5. The van der Waals surface area contributed by atoms with Gasteiger partial charge in [0.1, 0.15) is 5.75 Å². The molecule has 0 radical (unpaired) electrons. The van der Waals surface area contributed by atoms with Crippen LogP contribution >= 0.6 is 8.17 Å². The molecular formula is C18H19N2O7P. The maximum absolute atomic E-state index is 12.5. The summed E-state index contributed by atoms with van der Waals surface area (Å²) in [6.45, 7) is 3.23. The van der Waals surface area contributed by atoms with Crippen molar-refractivity contribution in [3.05, 3.63) is 64.7 Å². The summed E-state index contributed by atoms with van der Waals surface area (Å²) in [5.41, 5.74) is -2.11. The zero-order chi connectivity index (χ0) is 20.6. The first-order chi connectivity index (χ1) is 13.3. The van der Waals surface area contributed by atoms with Gasteiger partial charge in [0.2, 0.25) is 0 Å². The number of carbonyl (C=O) groups is 1. The smallest absolute Gasteiger partial charge is 0.399 e. The molecule has 0 aliphatic heterocycles. The van der Waals surface area contributed by atoms with Crippen LogP contribution in [0.2, 0.25) is 0 Å². The molecule has 0 saturated carbocycles. The molecule has 0 aliphatic carbocycles. The Bertz CT molecular complexity index is 843. The third-order valence-electron chi connectivity index (χ3n) is 3.38. The van der Waals surface area contributed by atoms with Gasteiger partial charge in [0.15, 0.2) is 5.75 Å². The van der Waals surface area contributed by atoms with Crippen molar-refractivity contribution in [3.63, 3.8) is 0 Å². The van der Waals surface area contributed by atoms with Gasteiger partial charge in [0.05, 0.1) is 11.5 Å². The molecule has 0 fully saturated rings. The largest absolute Gasteiger partial charge is 0.575 e. The highest BCUT2D eigenvalue weighted by atomic mass is 31.1. The molecule has 10 heteroatoms. The topological polar surface area (TPSA) is 123 Å². The van der Waals surface area contributed by atoms with Crippen LogP contribution in [-0.4, -0.2) is 23.2 Å². The first-order valence-electron chi connectivity index (χ1n) is 8.38. The van der Waals surface area contributed by atoms with Gasteiger partial charge in [-0.15, -0.1) is 0 Å². The minimum Gasteiger partial charge on any atom is -0.575 e. The van der Waals surface area contributed by atoms with Gasteiger partial charge in [-0.3, -0.25) is 14.6 Å². The average Bonchev–Trinajstić information content (AvgIpc) is 2.67. The number of nitro groups is 1. The van der Waals surface area contributed by atoms with Crippen molar-refractivity contribution >= 4 is 19.8 Å². The van der Waals surface area contributed by atoms with E-state index < -0.39 is 24.8 Å². The molecule has 28 heavy (non-hydrogen) atoms. The molecular weight excluding hydrogens is 387 g/mol. The summed E-state index contributed by atoms with van der Waals surface area (Å²) in [6.07, 6.45) is 0.575. The highest BCUT2D eigenvalue weighted by Gasteiger charge is 2.42. The summed E-state index contributed by atoms with van der Waals surface area (Å²) in [7, 11) is -2.66. The molecule has 0 N–H and O–H groups in total. The normalized spacial score (nSPS) is 13.3. The number of non-ortho nitro benzene ring substituents is 1. The summed E-state index contributed by atoms with van der Waals surface area (Å²) in [5.74, 6) is -0.423. The van der Waals surface area contributed by atoms with Crippen LogP contribution < -0.4 is 14.2 Å². The van der Waals surface area contributed by atoms with E-state index in [2.05, 4.69) is 4.74 Å². The van der Waals surface area contributed by atoms with E-state index >= 15 is 0 Å². The number of nitro benzene ring substituents is 1. The predicted molar refractivity (Wildman–Crippen MR) is 99.8 cm³/mol. The SMILES string of the molecule is CCCOC(=O)[C@](C)(N=[P+]([O-])Oc1ccccc1)Oc1ccc([N+](=O)[O-])cc1. The second-order valence-electron chi connectivity index (χ2n) is 5.71. The van der Waals surface area contributed by atoms with Gasteiger partial charge in [-0.2, -0.15) is 0 Å². The van der Waals surface area contributed by atoms with Crippen LogP contribution in [0.5, 0.6) is 11.5 Å². The average molecular weight is 406 g/mol. The van der Waals surface area contributed by atoms with Crippen LogP contribution in [0, 0.1) is 10.1 Å². The van der Waals surface area contributed by atoms with Crippen molar-refractivity contribution < 1.29 is 28.6 Å². The van der Waals surface area contributed by atoms with Gasteiger partial charge in [-0.1, -0.05) is 25.1 Å². The zero-order valence-electron chi connectivity index (χ0n) is 15.3. The highest BCUT2D eigenvalue weighted by Crippen LogP contribution is 2.31. The molecule has 148 valence electrons. The second kappa shape index (κ2) is 9.77. The second-order valence-corrected chi connectivity index (χ2v) is 6.57. The Labute approximate surface area is 162 Å². The lowest BCUT2D eigenvalue weighted by atomic mass is 10.2. The lowest BCUT2D eigenvalue weighted by Gasteiger charge is -2.22. The zero-order valence-corrected chi connectivity index (χ0v) is 16.2. The minimum atomic E-state index is -2.66. The third kappa shape index (κ3) is 6.00. The Morgan fingerprint density at radius 2 is 1.79 bits per heavy atom. The first kappa shape index (κ1) is 21.3. The molecule has 0 saturated heterocycles. The number of benzene rings is 2. The summed E-state index contributed by atoms with van der Waals surface area (Å²) in [6, 6.07) is 13.4.